The molecule has 0 aliphatic carbocycles. The fraction of sp³-hybridized carbons (Fsp3) is 0.312. The second-order valence-electron chi connectivity index (χ2n) is 4.96. The van der Waals surface area contributed by atoms with Crippen molar-refractivity contribution < 1.29 is 4.74 Å². The Balaban J connectivity index is 1.90. The van der Waals surface area contributed by atoms with Gasteiger partial charge in [-0.3, -0.25) is 0 Å². The lowest BCUT2D eigenvalue weighted by Crippen LogP contribution is -2.31. The van der Waals surface area contributed by atoms with E-state index < -0.39 is 0 Å². The number of benzene rings is 1. The first-order valence-corrected chi connectivity index (χ1v) is 6.98. The maximum absolute atomic E-state index is 5.88. The van der Waals surface area contributed by atoms with Crippen molar-refractivity contribution in [3.63, 3.8) is 0 Å². The Kier molecular flexibility index (Phi) is 3.46. The normalized spacial score (nSPS) is 13.9. The number of hydrogen-bond donors (Lipinski definition) is 1. The average Bonchev–Trinajstić information content (AvgIpc) is 2.47. The Morgan fingerprint density at radius 2 is 2.20 bits per heavy atom. The van der Waals surface area contributed by atoms with E-state index in [2.05, 4.69) is 22.0 Å². The van der Waals surface area contributed by atoms with Gasteiger partial charge in [0.15, 0.2) is 11.6 Å². The van der Waals surface area contributed by atoms with Crippen LogP contribution in [-0.4, -0.2) is 18.1 Å². The molecule has 104 valence electrons. The number of nitrogen functional groups attached to an aromatic ring is 1. The molecule has 4 nitrogen and oxygen atoms in total. The SMILES string of the molecule is CCOc1cccnc1N1CCc2ccc(N)cc2C1. The second-order valence-corrected chi connectivity index (χ2v) is 4.96. The van der Waals surface area contributed by atoms with E-state index in [-0.39, 0.29) is 0 Å². The first-order valence-electron chi connectivity index (χ1n) is 6.98. The quantitative estimate of drug-likeness (QED) is 0.870. The molecule has 0 unspecified atom stereocenters. The van der Waals surface area contributed by atoms with Gasteiger partial charge in [0, 0.05) is 25.0 Å². The average molecular weight is 269 g/mol. The monoisotopic (exact) mass is 269 g/mol. The van der Waals surface area contributed by atoms with Gasteiger partial charge < -0.3 is 15.4 Å². The van der Waals surface area contributed by atoms with E-state index in [1.165, 1.54) is 11.1 Å². The topological polar surface area (TPSA) is 51.4 Å². The highest BCUT2D eigenvalue weighted by molar-refractivity contribution is 5.55. The molecule has 0 atom stereocenters. The van der Waals surface area contributed by atoms with Crippen LogP contribution < -0.4 is 15.4 Å². The summed E-state index contributed by atoms with van der Waals surface area (Å²) in [5, 5.41) is 0. The van der Waals surface area contributed by atoms with E-state index >= 15 is 0 Å². The predicted molar refractivity (Wildman–Crippen MR) is 81.0 cm³/mol. The molecular formula is C16H19N3O. The number of hydrogen-bond acceptors (Lipinski definition) is 4. The number of aromatic nitrogens is 1. The minimum atomic E-state index is 0.649. The minimum absolute atomic E-state index is 0.649. The third-order valence-corrected chi connectivity index (χ3v) is 3.59. The van der Waals surface area contributed by atoms with Crippen molar-refractivity contribution in [2.24, 2.45) is 0 Å². The zero-order valence-corrected chi connectivity index (χ0v) is 11.7. The van der Waals surface area contributed by atoms with E-state index in [4.69, 9.17) is 10.5 Å². The molecule has 0 spiro atoms. The van der Waals surface area contributed by atoms with Gasteiger partial charge >= 0.3 is 0 Å². The zero-order chi connectivity index (χ0) is 13.9. The summed E-state index contributed by atoms with van der Waals surface area (Å²) in [4.78, 5) is 6.74. The molecule has 1 aromatic carbocycles. The third-order valence-electron chi connectivity index (χ3n) is 3.59. The van der Waals surface area contributed by atoms with Gasteiger partial charge in [0.05, 0.1) is 6.61 Å². The van der Waals surface area contributed by atoms with Gasteiger partial charge in [-0.05, 0) is 48.7 Å². The summed E-state index contributed by atoms with van der Waals surface area (Å²) in [6.07, 6.45) is 2.82. The largest absolute Gasteiger partial charge is 0.490 e. The van der Waals surface area contributed by atoms with Crippen LogP contribution in [0.25, 0.3) is 0 Å². The first kappa shape index (κ1) is 12.8. The molecule has 1 aliphatic heterocycles. The molecule has 0 fully saturated rings. The van der Waals surface area contributed by atoms with Crippen molar-refractivity contribution in [3.8, 4) is 5.75 Å². The van der Waals surface area contributed by atoms with Crippen LogP contribution in [0.15, 0.2) is 36.5 Å². The van der Waals surface area contributed by atoms with E-state index in [1.807, 2.05) is 31.3 Å². The number of anilines is 2. The van der Waals surface area contributed by atoms with Gasteiger partial charge in [0.25, 0.3) is 0 Å². The van der Waals surface area contributed by atoms with Crippen LogP contribution >= 0.6 is 0 Å². The maximum Gasteiger partial charge on any atom is 0.171 e. The molecule has 0 bridgehead atoms. The number of nitrogens with two attached hydrogens (primary N) is 1. The van der Waals surface area contributed by atoms with Crippen molar-refractivity contribution in [1.29, 1.82) is 0 Å². The number of rotatable bonds is 3. The van der Waals surface area contributed by atoms with E-state index in [0.29, 0.717) is 6.61 Å². The summed E-state index contributed by atoms with van der Waals surface area (Å²) < 4.78 is 5.67. The highest BCUT2D eigenvalue weighted by Crippen LogP contribution is 2.30. The van der Waals surface area contributed by atoms with Crippen LogP contribution in [0.4, 0.5) is 11.5 Å². The molecule has 4 heteroatoms. The van der Waals surface area contributed by atoms with Crippen LogP contribution in [0.5, 0.6) is 5.75 Å². The van der Waals surface area contributed by atoms with Gasteiger partial charge in [-0.1, -0.05) is 6.07 Å². The third kappa shape index (κ3) is 2.41. The molecule has 2 aromatic rings. The fourth-order valence-corrected chi connectivity index (χ4v) is 2.65. The van der Waals surface area contributed by atoms with Crippen molar-refractivity contribution in [2.75, 3.05) is 23.8 Å². The lowest BCUT2D eigenvalue weighted by Gasteiger charge is -2.30. The van der Waals surface area contributed by atoms with Crippen molar-refractivity contribution in [3.05, 3.63) is 47.7 Å². The summed E-state index contributed by atoms with van der Waals surface area (Å²) in [7, 11) is 0. The lowest BCUT2D eigenvalue weighted by molar-refractivity contribution is 0.338. The van der Waals surface area contributed by atoms with E-state index in [9.17, 15) is 0 Å². The van der Waals surface area contributed by atoms with Crippen molar-refractivity contribution >= 4 is 11.5 Å². The van der Waals surface area contributed by atoms with Crippen molar-refractivity contribution in [2.45, 2.75) is 19.9 Å². The standard InChI is InChI=1S/C16H19N3O/c1-2-20-15-4-3-8-18-16(15)19-9-7-12-5-6-14(17)10-13(12)11-19/h3-6,8,10H,2,7,9,11,17H2,1H3. The molecule has 1 aliphatic rings. The first-order chi connectivity index (χ1) is 9.78. The van der Waals surface area contributed by atoms with Crippen molar-refractivity contribution in [1.82, 2.24) is 4.98 Å². The lowest BCUT2D eigenvalue weighted by atomic mass is 9.99. The molecule has 1 aromatic heterocycles. The number of pyridine rings is 1. The zero-order valence-electron chi connectivity index (χ0n) is 11.7. The number of fused-ring (bicyclic) bond motifs is 1. The summed E-state index contributed by atoms with van der Waals surface area (Å²) >= 11 is 0. The molecule has 3 rings (SSSR count). The smallest absolute Gasteiger partial charge is 0.171 e. The molecule has 2 N–H and O–H groups in total. The summed E-state index contributed by atoms with van der Waals surface area (Å²) in [6.45, 7) is 4.42. The Hall–Kier alpha value is -2.23. The van der Waals surface area contributed by atoms with E-state index in [1.54, 1.807) is 0 Å². The highest BCUT2D eigenvalue weighted by Gasteiger charge is 2.20. The molecule has 20 heavy (non-hydrogen) atoms. The number of ether oxygens (including phenoxy) is 1. The predicted octanol–water partition coefficient (Wildman–Crippen LogP) is 2.63. The van der Waals surface area contributed by atoms with Crippen LogP contribution in [-0.2, 0) is 13.0 Å². The highest BCUT2D eigenvalue weighted by atomic mass is 16.5. The fourth-order valence-electron chi connectivity index (χ4n) is 2.65. The molecule has 0 amide bonds. The molecule has 0 saturated heterocycles. The Morgan fingerprint density at radius 1 is 1.30 bits per heavy atom. The summed E-state index contributed by atoms with van der Waals surface area (Å²) in [6, 6.07) is 10.0. The Labute approximate surface area is 119 Å². The van der Waals surface area contributed by atoms with Crippen LogP contribution in [0.1, 0.15) is 18.1 Å². The van der Waals surface area contributed by atoms with Gasteiger partial charge in [0.2, 0.25) is 0 Å². The second kappa shape index (κ2) is 5.41. The maximum atomic E-state index is 5.88. The Morgan fingerprint density at radius 3 is 3.05 bits per heavy atom. The molecule has 0 saturated carbocycles. The molecule has 2 heterocycles. The van der Waals surface area contributed by atoms with Gasteiger partial charge in [0.1, 0.15) is 0 Å². The van der Waals surface area contributed by atoms with Crippen LogP contribution in [0, 0.1) is 0 Å². The summed E-state index contributed by atoms with van der Waals surface area (Å²) in [5.41, 5.74) is 9.36. The van der Waals surface area contributed by atoms with Crippen LogP contribution in [0.2, 0.25) is 0 Å². The Bertz CT molecular complexity index is 612. The van der Waals surface area contributed by atoms with Crippen LogP contribution in [0.3, 0.4) is 0 Å². The molecule has 0 radical (unpaired) electrons. The molecular weight excluding hydrogens is 250 g/mol. The summed E-state index contributed by atoms with van der Waals surface area (Å²) in [5.74, 6) is 1.77. The van der Waals surface area contributed by atoms with Gasteiger partial charge in [-0.2, -0.15) is 0 Å². The van der Waals surface area contributed by atoms with Gasteiger partial charge in [-0.15, -0.1) is 0 Å². The van der Waals surface area contributed by atoms with E-state index in [0.717, 1.165) is 36.8 Å². The minimum Gasteiger partial charge on any atom is -0.490 e. The number of nitrogens with zero attached hydrogens (tertiary/aromatic N) is 2. The van der Waals surface area contributed by atoms with Gasteiger partial charge in [-0.25, -0.2) is 4.98 Å².